The van der Waals surface area contributed by atoms with Gasteiger partial charge in [-0.1, -0.05) is 49.6 Å². The Morgan fingerprint density at radius 1 is 0.771 bits per heavy atom. The van der Waals surface area contributed by atoms with Crippen LogP contribution in [0.1, 0.15) is 90.1 Å². The van der Waals surface area contributed by atoms with Crippen molar-refractivity contribution >= 4 is 11.8 Å². The molecule has 0 unspecified atom stereocenters. The second kappa shape index (κ2) is 10.8. The second-order valence-electron chi connectivity index (χ2n) is 10.4. The van der Waals surface area contributed by atoms with E-state index in [1.165, 1.54) is 12.0 Å². The number of pyridine rings is 1. The fraction of sp³-hybridized carbons (Fsp3) is 0.536. The molecule has 3 fully saturated rings. The maximum absolute atomic E-state index is 13.2. The van der Waals surface area contributed by atoms with E-state index in [4.69, 9.17) is 0 Å². The zero-order chi connectivity index (χ0) is 24.2. The third kappa shape index (κ3) is 6.01. The van der Waals surface area contributed by atoms with Gasteiger partial charge in [0.05, 0.1) is 0 Å². The third-order valence-electron chi connectivity index (χ3n) is 7.62. The third-order valence-corrected chi connectivity index (χ3v) is 7.62. The summed E-state index contributed by atoms with van der Waals surface area (Å²) in [6.45, 7) is 2.71. The molecule has 186 valence electrons. The highest BCUT2D eigenvalue weighted by molar-refractivity contribution is 5.99. The first-order valence-corrected chi connectivity index (χ1v) is 13.2. The molecule has 0 spiro atoms. The van der Waals surface area contributed by atoms with Gasteiger partial charge in [-0.25, -0.2) is 0 Å². The van der Waals surface area contributed by atoms with Crippen molar-refractivity contribution < 1.29 is 9.59 Å². The number of amides is 2. The number of rotatable bonds is 7. The zero-order valence-corrected chi connectivity index (χ0v) is 20.4. The molecule has 7 nitrogen and oxygen atoms in total. The standard InChI is InChI=1S/C28H36N4O3/c33-26-24(27(34)29-21-9-5-2-6-10-21)18-32(23-11-12-23)19-25(26)28(35)30-22-13-15-31(16-14-22)17-20-7-3-1-4-8-20/h1,3-4,7-8,18-19,21-23H,2,5-6,9-17H2,(H,29,34)(H,30,35). The van der Waals surface area contributed by atoms with Crippen LogP contribution in [0.2, 0.25) is 0 Å². The van der Waals surface area contributed by atoms with E-state index in [-0.39, 0.29) is 41.1 Å². The van der Waals surface area contributed by atoms with Gasteiger partial charge >= 0.3 is 0 Å². The smallest absolute Gasteiger partial charge is 0.256 e. The van der Waals surface area contributed by atoms with Gasteiger partial charge in [0.1, 0.15) is 11.1 Å². The number of carbonyl (C=O) groups excluding carboxylic acids is 2. The lowest BCUT2D eigenvalue weighted by molar-refractivity contribution is 0.0907. The predicted octanol–water partition coefficient (Wildman–Crippen LogP) is 3.64. The molecule has 2 aromatic rings. The summed E-state index contributed by atoms with van der Waals surface area (Å²) < 4.78 is 1.90. The Morgan fingerprint density at radius 3 is 1.91 bits per heavy atom. The fourth-order valence-corrected chi connectivity index (χ4v) is 5.35. The highest BCUT2D eigenvalue weighted by Gasteiger charge is 2.29. The van der Waals surface area contributed by atoms with Crippen LogP contribution in [0.25, 0.3) is 0 Å². The SMILES string of the molecule is O=C(NC1CCCCC1)c1cn(C2CC2)cc(C(=O)NC2CCN(Cc3ccccc3)CC2)c1=O. The molecule has 2 amide bonds. The summed E-state index contributed by atoms with van der Waals surface area (Å²) in [6.07, 6.45) is 12.3. The molecule has 2 aliphatic carbocycles. The number of benzene rings is 1. The minimum Gasteiger partial charge on any atom is -0.349 e. The van der Waals surface area contributed by atoms with Gasteiger partial charge in [0.15, 0.2) is 0 Å². The molecule has 0 atom stereocenters. The molecule has 0 radical (unpaired) electrons. The Morgan fingerprint density at radius 2 is 1.34 bits per heavy atom. The molecule has 5 rings (SSSR count). The summed E-state index contributed by atoms with van der Waals surface area (Å²) in [4.78, 5) is 41.9. The zero-order valence-electron chi connectivity index (χ0n) is 20.4. The predicted molar refractivity (Wildman–Crippen MR) is 136 cm³/mol. The summed E-state index contributed by atoms with van der Waals surface area (Å²) >= 11 is 0. The maximum atomic E-state index is 13.2. The van der Waals surface area contributed by atoms with Gasteiger partial charge < -0.3 is 15.2 Å². The van der Waals surface area contributed by atoms with E-state index in [1.54, 1.807) is 12.4 Å². The minimum absolute atomic E-state index is 0.0306. The lowest BCUT2D eigenvalue weighted by Crippen LogP contribution is -2.46. The molecule has 2 heterocycles. The number of likely N-dealkylation sites (tertiary alicyclic amines) is 1. The molecule has 1 saturated heterocycles. The van der Waals surface area contributed by atoms with E-state index in [2.05, 4.69) is 39.8 Å². The van der Waals surface area contributed by atoms with Crippen molar-refractivity contribution in [1.29, 1.82) is 0 Å². The van der Waals surface area contributed by atoms with Crippen molar-refractivity contribution in [2.75, 3.05) is 13.1 Å². The monoisotopic (exact) mass is 476 g/mol. The largest absolute Gasteiger partial charge is 0.349 e. The number of piperidine rings is 1. The number of carbonyl (C=O) groups is 2. The summed E-state index contributed by atoms with van der Waals surface area (Å²) in [5.41, 5.74) is 1.00. The Balaban J connectivity index is 1.24. The van der Waals surface area contributed by atoms with Gasteiger partial charge in [-0.2, -0.15) is 0 Å². The maximum Gasteiger partial charge on any atom is 0.256 e. The summed E-state index contributed by atoms with van der Waals surface area (Å²) in [5, 5.41) is 6.13. The number of nitrogens with zero attached hydrogens (tertiary/aromatic N) is 2. The molecule has 1 aromatic heterocycles. The summed E-state index contributed by atoms with van der Waals surface area (Å²) in [6, 6.07) is 10.8. The summed E-state index contributed by atoms with van der Waals surface area (Å²) in [5.74, 6) is -0.710. The normalized spacial score (nSPS) is 19.9. The Kier molecular flexibility index (Phi) is 7.32. The van der Waals surface area contributed by atoms with Crippen LogP contribution in [-0.2, 0) is 6.54 Å². The van der Waals surface area contributed by atoms with E-state index < -0.39 is 5.43 Å². The second-order valence-corrected chi connectivity index (χ2v) is 10.4. The molecule has 1 aliphatic heterocycles. The molecule has 3 aliphatic rings. The molecule has 7 heteroatoms. The van der Waals surface area contributed by atoms with Gasteiger partial charge in [0.25, 0.3) is 11.8 Å². The van der Waals surface area contributed by atoms with Crippen LogP contribution in [0.15, 0.2) is 47.5 Å². The van der Waals surface area contributed by atoms with E-state index in [0.29, 0.717) is 0 Å². The number of aromatic nitrogens is 1. The van der Waals surface area contributed by atoms with Gasteiger partial charge in [0, 0.05) is 50.2 Å². The lowest BCUT2D eigenvalue weighted by Gasteiger charge is -2.32. The van der Waals surface area contributed by atoms with E-state index >= 15 is 0 Å². The Bertz CT molecular complexity index is 1090. The van der Waals surface area contributed by atoms with E-state index in [9.17, 15) is 14.4 Å². The van der Waals surface area contributed by atoms with Crippen molar-refractivity contribution in [3.63, 3.8) is 0 Å². The van der Waals surface area contributed by atoms with Gasteiger partial charge in [-0.05, 0) is 44.1 Å². The van der Waals surface area contributed by atoms with Gasteiger partial charge in [-0.15, -0.1) is 0 Å². The van der Waals surface area contributed by atoms with Crippen LogP contribution in [-0.4, -0.2) is 46.5 Å². The first-order valence-electron chi connectivity index (χ1n) is 13.2. The minimum atomic E-state index is -0.464. The number of hydrogen-bond donors (Lipinski definition) is 2. The molecular weight excluding hydrogens is 440 g/mol. The van der Waals surface area contributed by atoms with E-state index in [1.807, 2.05) is 10.6 Å². The van der Waals surface area contributed by atoms with Crippen LogP contribution in [0, 0.1) is 0 Å². The molecule has 35 heavy (non-hydrogen) atoms. The molecule has 2 saturated carbocycles. The van der Waals surface area contributed by atoms with Gasteiger partial charge in [-0.3, -0.25) is 19.3 Å². The van der Waals surface area contributed by atoms with Crippen molar-refractivity contribution in [3.05, 3.63) is 69.6 Å². The summed E-state index contributed by atoms with van der Waals surface area (Å²) in [7, 11) is 0. The lowest BCUT2D eigenvalue weighted by atomic mass is 9.95. The first kappa shape index (κ1) is 23.8. The van der Waals surface area contributed by atoms with Crippen molar-refractivity contribution in [3.8, 4) is 0 Å². The molecule has 0 bridgehead atoms. The average Bonchev–Trinajstić information content (AvgIpc) is 3.72. The van der Waals surface area contributed by atoms with E-state index in [0.717, 1.165) is 71.0 Å². The van der Waals surface area contributed by atoms with Crippen molar-refractivity contribution in [2.24, 2.45) is 0 Å². The Hall–Kier alpha value is -2.93. The van der Waals surface area contributed by atoms with Crippen LogP contribution >= 0.6 is 0 Å². The average molecular weight is 477 g/mol. The van der Waals surface area contributed by atoms with Gasteiger partial charge in [0.2, 0.25) is 5.43 Å². The van der Waals surface area contributed by atoms with Crippen LogP contribution in [0.4, 0.5) is 0 Å². The Labute approximate surface area is 206 Å². The molecule has 2 N–H and O–H groups in total. The quantitative estimate of drug-likeness (QED) is 0.639. The topological polar surface area (TPSA) is 83.4 Å². The molecular formula is C28H36N4O3. The van der Waals surface area contributed by atoms with Crippen LogP contribution < -0.4 is 16.1 Å². The number of hydrogen-bond acceptors (Lipinski definition) is 4. The highest BCUT2D eigenvalue weighted by Crippen LogP contribution is 2.34. The molecule has 1 aromatic carbocycles. The van der Waals surface area contributed by atoms with Crippen LogP contribution in [0.3, 0.4) is 0 Å². The van der Waals surface area contributed by atoms with Crippen LogP contribution in [0.5, 0.6) is 0 Å². The van der Waals surface area contributed by atoms with Crippen molar-refractivity contribution in [1.82, 2.24) is 20.1 Å². The first-order chi connectivity index (χ1) is 17.1. The highest BCUT2D eigenvalue weighted by atomic mass is 16.2. The van der Waals surface area contributed by atoms with Crippen molar-refractivity contribution in [2.45, 2.75) is 82.5 Å². The number of nitrogens with one attached hydrogen (secondary N) is 2. The fourth-order valence-electron chi connectivity index (χ4n) is 5.35.